The Morgan fingerprint density at radius 2 is 1.78 bits per heavy atom. The average Bonchev–Trinajstić information content (AvgIpc) is 3.27. The summed E-state index contributed by atoms with van der Waals surface area (Å²) in [6.07, 6.45) is 1.32. The lowest BCUT2D eigenvalue weighted by Crippen LogP contribution is -2.49. The van der Waals surface area contributed by atoms with Gasteiger partial charge in [0, 0.05) is 69.9 Å². The smallest absolute Gasteiger partial charge is 0.225 e. The second kappa shape index (κ2) is 11.7. The van der Waals surface area contributed by atoms with Gasteiger partial charge in [-0.25, -0.2) is 0 Å². The number of nitrogens with one attached hydrogen (secondary N) is 2. The number of likely N-dealkylation sites (tertiary alicyclic amines) is 1. The number of nitrogens with zero attached hydrogens (tertiary/aromatic N) is 4. The molecule has 0 saturated carbocycles. The quantitative estimate of drug-likeness (QED) is 0.495. The molecule has 2 saturated heterocycles. The molecule has 1 unspecified atom stereocenters. The molecule has 8 nitrogen and oxygen atoms in total. The zero-order chi connectivity index (χ0) is 22.9. The topological polar surface area (TPSA) is 80.3 Å². The van der Waals surface area contributed by atoms with Gasteiger partial charge < -0.3 is 25.3 Å². The van der Waals surface area contributed by atoms with Crippen molar-refractivity contribution in [2.24, 2.45) is 10.9 Å². The summed E-state index contributed by atoms with van der Waals surface area (Å²) in [5, 5.41) is 6.69. The number of piperazine rings is 1. The van der Waals surface area contributed by atoms with Gasteiger partial charge in [0.25, 0.3) is 0 Å². The van der Waals surface area contributed by atoms with E-state index in [1.165, 1.54) is 5.69 Å². The van der Waals surface area contributed by atoms with E-state index in [-0.39, 0.29) is 23.8 Å². The number of para-hydroxylation sites is 1. The maximum atomic E-state index is 12.7. The SMILES string of the molecule is CCNC(=NCCC(=O)N1CCN(c2ccccc2)CC1)NC1CCN(C(=O)C(C)C)C1. The minimum atomic E-state index is 0.0243. The number of guanidine groups is 1. The van der Waals surface area contributed by atoms with Crippen LogP contribution >= 0.6 is 0 Å². The fraction of sp³-hybridized carbons (Fsp3) is 0.625. The van der Waals surface area contributed by atoms with Crippen LogP contribution in [0.2, 0.25) is 0 Å². The minimum Gasteiger partial charge on any atom is -0.368 e. The first-order valence-corrected chi connectivity index (χ1v) is 11.9. The van der Waals surface area contributed by atoms with E-state index in [9.17, 15) is 9.59 Å². The van der Waals surface area contributed by atoms with E-state index in [1.54, 1.807) is 0 Å². The standard InChI is InChI=1S/C24H38N6O2/c1-4-25-24(27-20-11-13-30(18-20)23(32)19(2)3)26-12-10-22(31)29-16-14-28(15-17-29)21-8-6-5-7-9-21/h5-9,19-20H,4,10-18H2,1-3H3,(H2,25,26,27). The Labute approximate surface area is 192 Å². The van der Waals surface area contributed by atoms with Crippen molar-refractivity contribution >= 4 is 23.5 Å². The van der Waals surface area contributed by atoms with E-state index >= 15 is 0 Å². The van der Waals surface area contributed by atoms with Crippen molar-refractivity contribution in [3.63, 3.8) is 0 Å². The van der Waals surface area contributed by atoms with Crippen molar-refractivity contribution in [3.8, 4) is 0 Å². The van der Waals surface area contributed by atoms with Crippen molar-refractivity contribution in [2.45, 2.75) is 39.7 Å². The third-order valence-corrected chi connectivity index (χ3v) is 6.03. The van der Waals surface area contributed by atoms with E-state index in [2.05, 4.69) is 32.7 Å². The first kappa shape index (κ1) is 23.9. The van der Waals surface area contributed by atoms with Gasteiger partial charge in [-0.2, -0.15) is 0 Å². The molecule has 2 aliphatic heterocycles. The summed E-state index contributed by atoms with van der Waals surface area (Å²) >= 11 is 0. The summed E-state index contributed by atoms with van der Waals surface area (Å²) in [6.45, 7) is 11.8. The molecule has 2 fully saturated rings. The van der Waals surface area contributed by atoms with Crippen LogP contribution in [0.1, 0.15) is 33.6 Å². The molecule has 2 amide bonds. The van der Waals surface area contributed by atoms with Gasteiger partial charge in [0.05, 0.1) is 6.54 Å². The highest BCUT2D eigenvalue weighted by Crippen LogP contribution is 2.16. The molecule has 1 atom stereocenters. The van der Waals surface area contributed by atoms with Crippen molar-refractivity contribution in [3.05, 3.63) is 30.3 Å². The molecule has 0 bridgehead atoms. The number of benzene rings is 1. The molecule has 2 N–H and O–H groups in total. The van der Waals surface area contributed by atoms with Crippen LogP contribution < -0.4 is 15.5 Å². The number of amides is 2. The molecule has 1 aromatic rings. The predicted octanol–water partition coefficient (Wildman–Crippen LogP) is 1.54. The van der Waals surface area contributed by atoms with Crippen molar-refractivity contribution in [1.82, 2.24) is 20.4 Å². The monoisotopic (exact) mass is 442 g/mol. The van der Waals surface area contributed by atoms with Gasteiger partial charge in [0.2, 0.25) is 11.8 Å². The fourth-order valence-electron chi connectivity index (χ4n) is 4.23. The molecule has 0 aromatic heterocycles. The van der Waals surface area contributed by atoms with Gasteiger partial charge in [0.15, 0.2) is 5.96 Å². The summed E-state index contributed by atoms with van der Waals surface area (Å²) in [7, 11) is 0. The summed E-state index contributed by atoms with van der Waals surface area (Å²) in [5.74, 6) is 1.11. The second-order valence-electron chi connectivity index (χ2n) is 8.78. The lowest BCUT2D eigenvalue weighted by Gasteiger charge is -2.36. The normalized spacial score (nSPS) is 19.4. The average molecular weight is 443 g/mol. The van der Waals surface area contributed by atoms with E-state index < -0.39 is 0 Å². The Hall–Kier alpha value is -2.77. The van der Waals surface area contributed by atoms with Crippen LogP contribution in [0, 0.1) is 5.92 Å². The fourth-order valence-corrected chi connectivity index (χ4v) is 4.23. The summed E-state index contributed by atoms with van der Waals surface area (Å²) in [4.78, 5) is 35.7. The number of hydrogen-bond donors (Lipinski definition) is 2. The Morgan fingerprint density at radius 3 is 2.44 bits per heavy atom. The number of anilines is 1. The molecule has 32 heavy (non-hydrogen) atoms. The largest absolute Gasteiger partial charge is 0.368 e. The minimum absolute atomic E-state index is 0.0243. The predicted molar refractivity (Wildman–Crippen MR) is 129 cm³/mol. The lowest BCUT2D eigenvalue weighted by molar-refractivity contribution is -0.133. The van der Waals surface area contributed by atoms with Crippen molar-refractivity contribution in [2.75, 3.05) is 57.3 Å². The van der Waals surface area contributed by atoms with E-state index in [4.69, 9.17) is 0 Å². The summed E-state index contributed by atoms with van der Waals surface area (Å²) < 4.78 is 0. The number of rotatable bonds is 7. The van der Waals surface area contributed by atoms with Crippen LogP contribution in [0.25, 0.3) is 0 Å². The second-order valence-corrected chi connectivity index (χ2v) is 8.78. The number of carbonyl (C=O) groups excluding carboxylic acids is 2. The molecular weight excluding hydrogens is 404 g/mol. The zero-order valence-electron chi connectivity index (χ0n) is 19.7. The molecule has 0 radical (unpaired) electrons. The van der Waals surface area contributed by atoms with Crippen molar-refractivity contribution < 1.29 is 9.59 Å². The Kier molecular flexibility index (Phi) is 8.76. The molecule has 0 aliphatic carbocycles. The highest BCUT2D eigenvalue weighted by molar-refractivity contribution is 5.82. The molecule has 0 spiro atoms. The molecule has 3 rings (SSSR count). The van der Waals surface area contributed by atoms with Crippen LogP contribution in [0.3, 0.4) is 0 Å². The van der Waals surface area contributed by atoms with Gasteiger partial charge in [-0.3, -0.25) is 14.6 Å². The molecule has 1 aromatic carbocycles. The third-order valence-electron chi connectivity index (χ3n) is 6.03. The van der Waals surface area contributed by atoms with Crippen LogP contribution in [0.15, 0.2) is 35.3 Å². The number of hydrogen-bond acceptors (Lipinski definition) is 4. The first-order chi connectivity index (χ1) is 15.5. The molecule has 2 aliphatic rings. The lowest BCUT2D eigenvalue weighted by atomic mass is 10.2. The van der Waals surface area contributed by atoms with E-state index in [1.807, 2.05) is 48.8 Å². The maximum absolute atomic E-state index is 12.7. The van der Waals surface area contributed by atoms with Crippen LogP contribution in [-0.4, -0.2) is 86.0 Å². The summed E-state index contributed by atoms with van der Waals surface area (Å²) in [5.41, 5.74) is 1.21. The highest BCUT2D eigenvalue weighted by atomic mass is 16.2. The third kappa shape index (κ3) is 6.61. The number of carbonyl (C=O) groups is 2. The Balaban J connectivity index is 1.43. The van der Waals surface area contributed by atoms with Gasteiger partial charge >= 0.3 is 0 Å². The molecule has 2 heterocycles. The van der Waals surface area contributed by atoms with Gasteiger partial charge in [-0.15, -0.1) is 0 Å². The zero-order valence-corrected chi connectivity index (χ0v) is 19.7. The van der Waals surface area contributed by atoms with Crippen LogP contribution in [0.4, 0.5) is 5.69 Å². The Morgan fingerprint density at radius 1 is 1.06 bits per heavy atom. The Bertz CT molecular complexity index is 774. The van der Waals surface area contributed by atoms with E-state index in [0.29, 0.717) is 19.5 Å². The van der Waals surface area contributed by atoms with Gasteiger partial charge in [0.1, 0.15) is 0 Å². The van der Waals surface area contributed by atoms with E-state index in [0.717, 1.165) is 51.6 Å². The highest BCUT2D eigenvalue weighted by Gasteiger charge is 2.28. The molecule has 8 heteroatoms. The van der Waals surface area contributed by atoms with Crippen LogP contribution in [0.5, 0.6) is 0 Å². The van der Waals surface area contributed by atoms with Gasteiger partial charge in [-0.05, 0) is 25.5 Å². The molecular formula is C24H38N6O2. The first-order valence-electron chi connectivity index (χ1n) is 11.9. The molecule has 176 valence electrons. The number of aliphatic imine (C=N–C) groups is 1. The maximum Gasteiger partial charge on any atom is 0.225 e. The van der Waals surface area contributed by atoms with Crippen molar-refractivity contribution in [1.29, 1.82) is 0 Å². The summed E-state index contributed by atoms with van der Waals surface area (Å²) in [6, 6.07) is 10.5. The van der Waals surface area contributed by atoms with Crippen LogP contribution in [-0.2, 0) is 9.59 Å². The van der Waals surface area contributed by atoms with Gasteiger partial charge in [-0.1, -0.05) is 32.0 Å².